The fraction of sp³-hybridized carbons (Fsp3) is 0.364. The Bertz CT molecular complexity index is 986. The highest BCUT2D eigenvalue weighted by atomic mass is 127. The fourth-order valence-corrected chi connectivity index (χ4v) is 4.56. The summed E-state index contributed by atoms with van der Waals surface area (Å²) < 4.78 is 8.01. The van der Waals surface area contributed by atoms with Crippen LogP contribution in [-0.2, 0) is 0 Å². The maximum atomic E-state index is 13.3. The maximum Gasteiger partial charge on any atom is 0.266 e. The van der Waals surface area contributed by atoms with Crippen LogP contribution in [0.3, 0.4) is 0 Å². The number of aromatic nitrogens is 2. The van der Waals surface area contributed by atoms with Crippen LogP contribution in [0, 0.1) is 3.57 Å². The molecular weight excluding hydrogens is 483 g/mol. The third-order valence-corrected chi connectivity index (χ3v) is 6.31. The molecule has 0 radical (unpaired) electrons. The summed E-state index contributed by atoms with van der Waals surface area (Å²) in [4.78, 5) is 18.1. The van der Waals surface area contributed by atoms with Gasteiger partial charge in [-0.3, -0.25) is 9.36 Å². The number of halogens is 1. The van der Waals surface area contributed by atoms with E-state index in [4.69, 9.17) is 9.72 Å². The molecule has 2 aromatic carbocycles. The third kappa shape index (κ3) is 5.08. The minimum Gasteiger partial charge on any atom is -0.497 e. The van der Waals surface area contributed by atoms with Crippen LogP contribution in [0.2, 0.25) is 0 Å². The molecular formula is C22H25IN2O2S. The first-order valence-corrected chi connectivity index (χ1v) is 11.7. The van der Waals surface area contributed by atoms with Gasteiger partial charge in [0.25, 0.3) is 5.56 Å². The Balaban J connectivity index is 1.97. The summed E-state index contributed by atoms with van der Waals surface area (Å²) in [7, 11) is 1.64. The predicted octanol–water partition coefficient (Wildman–Crippen LogP) is 6.06. The molecule has 1 heterocycles. The Kier molecular flexibility index (Phi) is 7.79. The second-order valence-corrected chi connectivity index (χ2v) is 8.96. The van der Waals surface area contributed by atoms with Crippen LogP contribution in [0.1, 0.15) is 39.0 Å². The van der Waals surface area contributed by atoms with Crippen LogP contribution in [0.15, 0.2) is 52.4 Å². The highest BCUT2D eigenvalue weighted by molar-refractivity contribution is 14.1. The Morgan fingerprint density at radius 1 is 1.07 bits per heavy atom. The minimum absolute atomic E-state index is 0.0258. The molecule has 148 valence electrons. The van der Waals surface area contributed by atoms with Gasteiger partial charge in [-0.05, 0) is 71.5 Å². The highest BCUT2D eigenvalue weighted by Crippen LogP contribution is 2.24. The van der Waals surface area contributed by atoms with Crippen LogP contribution >= 0.6 is 34.4 Å². The molecule has 0 aliphatic rings. The van der Waals surface area contributed by atoms with Crippen molar-refractivity contribution in [1.82, 2.24) is 9.55 Å². The van der Waals surface area contributed by atoms with Gasteiger partial charge in [0.2, 0.25) is 0 Å². The average Bonchev–Trinajstić information content (AvgIpc) is 2.71. The molecule has 0 saturated carbocycles. The molecule has 28 heavy (non-hydrogen) atoms. The summed E-state index contributed by atoms with van der Waals surface area (Å²) in [5.41, 5.74) is 1.54. The molecule has 0 fully saturated rings. The standard InChI is InChI=1S/C22H25IN2O2S/c1-3-4-5-6-7-14-28-22-24-20-13-8-16(23)15-19(20)21(26)25(22)17-9-11-18(27-2)12-10-17/h8-13,15H,3-7,14H2,1-2H3. The van der Waals surface area contributed by atoms with Crippen LogP contribution in [0.25, 0.3) is 16.6 Å². The van der Waals surface area contributed by atoms with Gasteiger partial charge in [-0.25, -0.2) is 4.98 Å². The normalized spacial score (nSPS) is 11.1. The monoisotopic (exact) mass is 508 g/mol. The molecule has 3 rings (SSSR count). The van der Waals surface area contributed by atoms with E-state index in [1.54, 1.807) is 23.4 Å². The molecule has 1 aromatic heterocycles. The first kappa shape index (κ1) is 21.2. The van der Waals surface area contributed by atoms with E-state index in [-0.39, 0.29) is 5.56 Å². The van der Waals surface area contributed by atoms with E-state index in [1.807, 2.05) is 42.5 Å². The number of hydrogen-bond acceptors (Lipinski definition) is 4. The van der Waals surface area contributed by atoms with Gasteiger partial charge in [-0.2, -0.15) is 0 Å². The number of unbranched alkanes of at least 4 members (excludes halogenated alkanes) is 4. The zero-order chi connectivity index (χ0) is 19.9. The molecule has 4 nitrogen and oxygen atoms in total. The van der Waals surface area contributed by atoms with Crippen molar-refractivity contribution in [3.05, 3.63) is 56.4 Å². The van der Waals surface area contributed by atoms with Crippen molar-refractivity contribution in [2.45, 2.75) is 44.2 Å². The van der Waals surface area contributed by atoms with Gasteiger partial charge in [0.05, 0.1) is 23.7 Å². The number of thioether (sulfide) groups is 1. The number of rotatable bonds is 9. The van der Waals surface area contributed by atoms with Crippen molar-refractivity contribution in [2.75, 3.05) is 12.9 Å². The lowest BCUT2D eigenvalue weighted by Crippen LogP contribution is -2.22. The summed E-state index contributed by atoms with van der Waals surface area (Å²) in [6, 6.07) is 13.4. The Morgan fingerprint density at radius 3 is 2.54 bits per heavy atom. The smallest absolute Gasteiger partial charge is 0.266 e. The number of methoxy groups -OCH3 is 1. The van der Waals surface area contributed by atoms with E-state index in [1.165, 1.54) is 25.7 Å². The second kappa shape index (κ2) is 10.3. The number of fused-ring (bicyclic) bond motifs is 1. The lowest BCUT2D eigenvalue weighted by molar-refractivity contribution is 0.414. The molecule has 0 N–H and O–H groups in total. The quantitative estimate of drug-likeness (QED) is 0.153. The van der Waals surface area contributed by atoms with Crippen LogP contribution in [0.5, 0.6) is 5.75 Å². The largest absolute Gasteiger partial charge is 0.497 e. The van der Waals surface area contributed by atoms with E-state index in [0.717, 1.165) is 37.9 Å². The van der Waals surface area contributed by atoms with E-state index >= 15 is 0 Å². The van der Waals surface area contributed by atoms with Crippen molar-refractivity contribution in [2.24, 2.45) is 0 Å². The Hall–Kier alpha value is -1.54. The number of nitrogens with zero attached hydrogens (tertiary/aromatic N) is 2. The lowest BCUT2D eigenvalue weighted by atomic mass is 10.2. The average molecular weight is 508 g/mol. The summed E-state index contributed by atoms with van der Waals surface area (Å²) in [6.45, 7) is 2.22. The molecule has 3 aromatic rings. The van der Waals surface area contributed by atoms with Gasteiger partial charge in [0.15, 0.2) is 5.16 Å². The highest BCUT2D eigenvalue weighted by Gasteiger charge is 2.14. The number of benzene rings is 2. The molecule has 0 spiro atoms. The SMILES string of the molecule is CCCCCCCSc1nc2ccc(I)cc2c(=O)n1-c1ccc(OC)cc1. The van der Waals surface area contributed by atoms with Crippen LogP contribution in [-0.4, -0.2) is 22.4 Å². The summed E-state index contributed by atoms with van der Waals surface area (Å²) in [6.07, 6.45) is 6.16. The van der Waals surface area contributed by atoms with Crippen molar-refractivity contribution in [1.29, 1.82) is 0 Å². The zero-order valence-electron chi connectivity index (χ0n) is 16.3. The van der Waals surface area contributed by atoms with Gasteiger partial charge in [-0.15, -0.1) is 0 Å². The second-order valence-electron chi connectivity index (χ2n) is 6.66. The topological polar surface area (TPSA) is 44.1 Å². The van der Waals surface area contributed by atoms with Crippen molar-refractivity contribution >= 4 is 45.3 Å². The summed E-state index contributed by atoms with van der Waals surface area (Å²) >= 11 is 3.89. The van der Waals surface area contributed by atoms with Crippen molar-refractivity contribution in [3.63, 3.8) is 0 Å². The molecule has 0 aliphatic carbocycles. The zero-order valence-corrected chi connectivity index (χ0v) is 19.3. The first-order chi connectivity index (χ1) is 13.6. The molecule has 0 atom stereocenters. The summed E-state index contributed by atoms with van der Waals surface area (Å²) in [5.74, 6) is 1.73. The van der Waals surface area contributed by atoms with Gasteiger partial charge in [0, 0.05) is 9.32 Å². The van der Waals surface area contributed by atoms with Crippen LogP contribution < -0.4 is 10.3 Å². The van der Waals surface area contributed by atoms with Gasteiger partial charge < -0.3 is 4.74 Å². The number of hydrogen-bond donors (Lipinski definition) is 0. The van der Waals surface area contributed by atoms with E-state index in [2.05, 4.69) is 29.5 Å². The van der Waals surface area contributed by atoms with Crippen molar-refractivity contribution < 1.29 is 4.74 Å². The van der Waals surface area contributed by atoms with Crippen LogP contribution in [0.4, 0.5) is 0 Å². The Morgan fingerprint density at radius 2 is 1.82 bits per heavy atom. The summed E-state index contributed by atoms with van der Waals surface area (Å²) in [5, 5.41) is 1.40. The molecule has 0 unspecified atom stereocenters. The molecule has 0 amide bonds. The van der Waals surface area contributed by atoms with E-state index < -0.39 is 0 Å². The minimum atomic E-state index is -0.0258. The van der Waals surface area contributed by atoms with E-state index in [0.29, 0.717) is 5.39 Å². The molecule has 0 aliphatic heterocycles. The van der Waals surface area contributed by atoms with Gasteiger partial charge in [0.1, 0.15) is 5.75 Å². The predicted molar refractivity (Wildman–Crippen MR) is 126 cm³/mol. The third-order valence-electron chi connectivity index (χ3n) is 4.61. The molecule has 0 bridgehead atoms. The molecule has 6 heteroatoms. The van der Waals surface area contributed by atoms with Gasteiger partial charge in [-0.1, -0.05) is 44.4 Å². The lowest BCUT2D eigenvalue weighted by Gasteiger charge is -2.14. The maximum absolute atomic E-state index is 13.3. The van der Waals surface area contributed by atoms with Gasteiger partial charge >= 0.3 is 0 Å². The number of ether oxygens (including phenoxy) is 1. The Labute approximate surface area is 183 Å². The molecule has 0 saturated heterocycles. The first-order valence-electron chi connectivity index (χ1n) is 9.63. The fourth-order valence-electron chi connectivity index (χ4n) is 3.06. The van der Waals surface area contributed by atoms with E-state index in [9.17, 15) is 4.79 Å². The van der Waals surface area contributed by atoms with Crippen molar-refractivity contribution in [3.8, 4) is 11.4 Å².